The summed E-state index contributed by atoms with van der Waals surface area (Å²) in [5.74, 6) is 2.14. The zero-order valence-corrected chi connectivity index (χ0v) is 11.1. The molecule has 1 N–H and O–H groups in total. The van der Waals surface area contributed by atoms with Gasteiger partial charge in [-0.3, -0.25) is 4.21 Å². The van der Waals surface area contributed by atoms with Crippen LogP contribution in [0.25, 0.3) is 0 Å². The molecule has 0 saturated carbocycles. The van der Waals surface area contributed by atoms with Gasteiger partial charge in [0.2, 0.25) is 0 Å². The maximum atomic E-state index is 11.3. The van der Waals surface area contributed by atoms with Crippen LogP contribution in [-0.4, -0.2) is 28.9 Å². The van der Waals surface area contributed by atoms with Gasteiger partial charge in [-0.1, -0.05) is 6.07 Å². The lowest BCUT2D eigenvalue weighted by Crippen LogP contribution is -2.29. The first-order valence-corrected chi connectivity index (χ1v) is 7.42. The molecule has 0 spiro atoms. The molecule has 4 nitrogen and oxygen atoms in total. The molecule has 0 unspecified atom stereocenters. The quantitative estimate of drug-likeness (QED) is 0.905. The smallest absolute Gasteiger partial charge is 0.143 e. The SMILES string of the molecule is COc1cccc(C#N)c1NC1CCS(=O)CC1. The Hall–Kier alpha value is -1.54. The lowest BCUT2D eigenvalue weighted by Gasteiger charge is -2.25. The van der Waals surface area contributed by atoms with Gasteiger partial charge >= 0.3 is 0 Å². The summed E-state index contributed by atoms with van der Waals surface area (Å²) in [4.78, 5) is 0. The Morgan fingerprint density at radius 3 is 2.78 bits per heavy atom. The van der Waals surface area contributed by atoms with Crippen molar-refractivity contribution in [2.24, 2.45) is 0 Å². The number of nitrogens with one attached hydrogen (secondary N) is 1. The fourth-order valence-electron chi connectivity index (χ4n) is 2.09. The van der Waals surface area contributed by atoms with Crippen molar-refractivity contribution in [2.45, 2.75) is 18.9 Å². The number of anilines is 1. The van der Waals surface area contributed by atoms with Crippen molar-refractivity contribution in [1.29, 1.82) is 5.26 Å². The van der Waals surface area contributed by atoms with Crippen LogP contribution >= 0.6 is 0 Å². The number of hydrogen-bond acceptors (Lipinski definition) is 4. The first kappa shape index (κ1) is 12.9. The van der Waals surface area contributed by atoms with Gasteiger partial charge in [-0.2, -0.15) is 5.26 Å². The monoisotopic (exact) mass is 264 g/mol. The van der Waals surface area contributed by atoms with Crippen LogP contribution < -0.4 is 10.1 Å². The highest BCUT2D eigenvalue weighted by atomic mass is 32.2. The molecule has 0 amide bonds. The van der Waals surface area contributed by atoms with Crippen LogP contribution in [0.1, 0.15) is 18.4 Å². The fraction of sp³-hybridized carbons (Fsp3) is 0.462. The molecule has 96 valence electrons. The topological polar surface area (TPSA) is 62.1 Å². The minimum absolute atomic E-state index is 0.270. The largest absolute Gasteiger partial charge is 0.495 e. The van der Waals surface area contributed by atoms with Crippen LogP contribution in [0, 0.1) is 11.3 Å². The highest BCUT2D eigenvalue weighted by molar-refractivity contribution is 7.85. The number of hydrogen-bond donors (Lipinski definition) is 1. The highest BCUT2D eigenvalue weighted by Crippen LogP contribution is 2.29. The average Bonchev–Trinajstić information content (AvgIpc) is 2.41. The van der Waals surface area contributed by atoms with Gasteiger partial charge < -0.3 is 10.1 Å². The number of para-hydroxylation sites is 1. The molecular formula is C13H16N2O2S. The second kappa shape index (κ2) is 5.87. The minimum Gasteiger partial charge on any atom is -0.495 e. The standard InChI is InChI=1S/C13H16N2O2S/c1-17-12-4-2-3-10(9-14)13(12)15-11-5-7-18(16)8-6-11/h2-4,11,15H,5-8H2,1H3. The van der Waals surface area contributed by atoms with Gasteiger partial charge in [0.1, 0.15) is 11.8 Å². The third-order valence-corrected chi connectivity index (χ3v) is 4.49. The van der Waals surface area contributed by atoms with Crippen molar-refractivity contribution in [1.82, 2.24) is 0 Å². The summed E-state index contributed by atoms with van der Waals surface area (Å²) in [6, 6.07) is 7.85. The molecule has 0 aromatic heterocycles. The van der Waals surface area contributed by atoms with Gasteiger partial charge in [0.05, 0.1) is 18.4 Å². The second-order valence-corrected chi connectivity index (χ2v) is 5.96. The normalized spacial score (nSPS) is 23.1. The van der Waals surface area contributed by atoms with Crippen molar-refractivity contribution >= 4 is 16.5 Å². The van der Waals surface area contributed by atoms with Crippen molar-refractivity contribution < 1.29 is 8.95 Å². The molecule has 18 heavy (non-hydrogen) atoms. The molecule has 0 aliphatic carbocycles. The number of nitrogens with zero attached hydrogens (tertiary/aromatic N) is 1. The molecule has 0 atom stereocenters. The van der Waals surface area contributed by atoms with E-state index in [9.17, 15) is 4.21 Å². The van der Waals surface area contributed by atoms with E-state index in [1.807, 2.05) is 6.07 Å². The molecule has 2 rings (SSSR count). The number of benzene rings is 1. The number of nitriles is 1. The average molecular weight is 264 g/mol. The van der Waals surface area contributed by atoms with Crippen LogP contribution in [-0.2, 0) is 10.8 Å². The number of methoxy groups -OCH3 is 1. The molecule has 1 saturated heterocycles. The predicted octanol–water partition coefficient (Wildman–Crippen LogP) is 1.89. The van der Waals surface area contributed by atoms with Crippen LogP contribution in [0.3, 0.4) is 0 Å². The van der Waals surface area contributed by atoms with Crippen LogP contribution in [0.15, 0.2) is 18.2 Å². The molecule has 1 heterocycles. The summed E-state index contributed by atoms with van der Waals surface area (Å²) >= 11 is 0. The summed E-state index contributed by atoms with van der Waals surface area (Å²) in [7, 11) is 0.925. The van der Waals surface area contributed by atoms with Crippen molar-refractivity contribution in [3.63, 3.8) is 0 Å². The van der Waals surface area contributed by atoms with E-state index >= 15 is 0 Å². The Morgan fingerprint density at radius 2 is 2.17 bits per heavy atom. The van der Waals surface area contributed by atoms with E-state index in [0.29, 0.717) is 11.3 Å². The van der Waals surface area contributed by atoms with E-state index in [4.69, 9.17) is 10.00 Å². The van der Waals surface area contributed by atoms with Crippen LogP contribution in [0.5, 0.6) is 5.75 Å². The highest BCUT2D eigenvalue weighted by Gasteiger charge is 2.20. The lowest BCUT2D eigenvalue weighted by molar-refractivity contribution is 0.415. The molecule has 0 radical (unpaired) electrons. The zero-order valence-electron chi connectivity index (χ0n) is 10.3. The van der Waals surface area contributed by atoms with E-state index in [2.05, 4.69) is 11.4 Å². The van der Waals surface area contributed by atoms with E-state index in [0.717, 1.165) is 30.0 Å². The van der Waals surface area contributed by atoms with Crippen LogP contribution in [0.4, 0.5) is 5.69 Å². The Morgan fingerprint density at radius 1 is 1.44 bits per heavy atom. The predicted molar refractivity (Wildman–Crippen MR) is 72.2 cm³/mol. The number of ether oxygens (including phenoxy) is 1. The van der Waals surface area contributed by atoms with Gasteiger partial charge in [-0.15, -0.1) is 0 Å². The molecule has 0 bridgehead atoms. The molecule has 1 aromatic rings. The van der Waals surface area contributed by atoms with Crippen molar-refractivity contribution in [2.75, 3.05) is 23.9 Å². The van der Waals surface area contributed by atoms with E-state index in [1.54, 1.807) is 19.2 Å². The number of rotatable bonds is 3. The third kappa shape index (κ3) is 2.82. The van der Waals surface area contributed by atoms with Crippen molar-refractivity contribution in [3.8, 4) is 11.8 Å². The zero-order chi connectivity index (χ0) is 13.0. The van der Waals surface area contributed by atoms with Gasteiger partial charge in [-0.05, 0) is 25.0 Å². The Balaban J connectivity index is 2.17. The molecule has 1 aromatic carbocycles. The van der Waals surface area contributed by atoms with Crippen LogP contribution in [0.2, 0.25) is 0 Å². The maximum Gasteiger partial charge on any atom is 0.143 e. The summed E-state index contributed by atoms with van der Waals surface area (Å²) in [6.45, 7) is 0. The molecule has 1 aliphatic heterocycles. The second-order valence-electron chi connectivity index (χ2n) is 4.26. The molecule has 5 heteroatoms. The first-order chi connectivity index (χ1) is 8.74. The van der Waals surface area contributed by atoms with Gasteiger partial charge in [0, 0.05) is 28.3 Å². The van der Waals surface area contributed by atoms with Crippen molar-refractivity contribution in [3.05, 3.63) is 23.8 Å². The maximum absolute atomic E-state index is 11.3. The Bertz CT molecular complexity index is 486. The summed E-state index contributed by atoms with van der Waals surface area (Å²) in [6.07, 6.45) is 1.74. The minimum atomic E-state index is -0.669. The molecule has 1 aliphatic rings. The van der Waals surface area contributed by atoms with Gasteiger partial charge in [-0.25, -0.2) is 0 Å². The first-order valence-electron chi connectivity index (χ1n) is 5.93. The summed E-state index contributed by atoms with van der Waals surface area (Å²) < 4.78 is 16.6. The summed E-state index contributed by atoms with van der Waals surface area (Å²) in [5, 5.41) is 12.5. The van der Waals surface area contributed by atoms with E-state index in [-0.39, 0.29) is 6.04 Å². The third-order valence-electron chi connectivity index (χ3n) is 3.10. The molecular weight excluding hydrogens is 248 g/mol. The van der Waals surface area contributed by atoms with Gasteiger partial charge in [0.15, 0.2) is 0 Å². The van der Waals surface area contributed by atoms with Gasteiger partial charge in [0.25, 0.3) is 0 Å². The Kier molecular flexibility index (Phi) is 4.21. The Labute approximate surface area is 109 Å². The summed E-state index contributed by atoms with van der Waals surface area (Å²) in [5.41, 5.74) is 1.33. The fourth-order valence-corrected chi connectivity index (χ4v) is 3.38. The van der Waals surface area contributed by atoms with E-state index in [1.165, 1.54) is 0 Å². The lowest BCUT2D eigenvalue weighted by atomic mass is 10.1. The van der Waals surface area contributed by atoms with E-state index < -0.39 is 10.8 Å². The molecule has 1 fully saturated rings.